The first-order chi connectivity index (χ1) is 12.3. The number of thiazole rings is 1. The summed E-state index contributed by atoms with van der Waals surface area (Å²) in [5.41, 5.74) is -0.154. The van der Waals surface area contributed by atoms with Gasteiger partial charge in [0.25, 0.3) is 0 Å². The summed E-state index contributed by atoms with van der Waals surface area (Å²) in [6.07, 6.45) is 5.10. The molecule has 0 radical (unpaired) electrons. The van der Waals surface area contributed by atoms with Crippen LogP contribution in [0.15, 0.2) is 41.4 Å². The Morgan fingerprint density at radius 1 is 1.27 bits per heavy atom. The van der Waals surface area contributed by atoms with Crippen molar-refractivity contribution < 1.29 is 18.7 Å². The highest BCUT2D eigenvalue weighted by Gasteiger charge is 2.25. The highest BCUT2D eigenvalue weighted by molar-refractivity contribution is 7.18. The van der Waals surface area contributed by atoms with Crippen LogP contribution in [-0.4, -0.2) is 32.4 Å². The van der Waals surface area contributed by atoms with Crippen LogP contribution >= 0.6 is 11.3 Å². The minimum absolute atomic E-state index is 0.174. The molecule has 0 saturated carbocycles. The Balaban J connectivity index is 1.94. The molecule has 0 fully saturated rings. The molecule has 0 atom stereocenters. The number of hydrogen-bond donors (Lipinski definition) is 1. The van der Waals surface area contributed by atoms with Crippen molar-refractivity contribution in [2.45, 2.75) is 26.4 Å². The summed E-state index contributed by atoms with van der Waals surface area (Å²) in [5.74, 6) is 0.0463. The SMILES string of the molecule is CC(C)(C)OC(=O)Nc1nc(-c2ccco2)c(C(=O)c2cnccn2)s1. The van der Waals surface area contributed by atoms with E-state index in [0.717, 1.165) is 11.3 Å². The Kier molecular flexibility index (Phi) is 4.81. The lowest BCUT2D eigenvalue weighted by atomic mass is 10.2. The van der Waals surface area contributed by atoms with Gasteiger partial charge in [0.2, 0.25) is 5.78 Å². The predicted octanol–water partition coefficient (Wildman–Crippen LogP) is 3.77. The number of carbonyl (C=O) groups excluding carboxylic acids is 2. The zero-order valence-corrected chi connectivity index (χ0v) is 15.2. The number of anilines is 1. The minimum Gasteiger partial charge on any atom is -0.463 e. The van der Waals surface area contributed by atoms with Crippen LogP contribution in [0.4, 0.5) is 9.93 Å². The van der Waals surface area contributed by atoms with E-state index >= 15 is 0 Å². The molecule has 0 bridgehead atoms. The van der Waals surface area contributed by atoms with Gasteiger partial charge in [-0.15, -0.1) is 0 Å². The summed E-state index contributed by atoms with van der Waals surface area (Å²) < 4.78 is 10.6. The maximum absolute atomic E-state index is 12.8. The Morgan fingerprint density at radius 2 is 2.08 bits per heavy atom. The molecule has 3 aromatic rings. The number of amides is 1. The van der Waals surface area contributed by atoms with E-state index < -0.39 is 11.7 Å². The number of aromatic nitrogens is 3. The summed E-state index contributed by atoms with van der Waals surface area (Å²) in [5, 5.41) is 2.76. The summed E-state index contributed by atoms with van der Waals surface area (Å²) in [7, 11) is 0. The van der Waals surface area contributed by atoms with Crippen LogP contribution in [0.1, 0.15) is 36.1 Å². The van der Waals surface area contributed by atoms with Gasteiger partial charge in [0.15, 0.2) is 10.9 Å². The Hall–Kier alpha value is -3.07. The van der Waals surface area contributed by atoms with Crippen LogP contribution < -0.4 is 5.32 Å². The molecule has 134 valence electrons. The molecule has 3 heterocycles. The molecule has 3 aromatic heterocycles. The third-order valence-electron chi connectivity index (χ3n) is 2.99. The van der Waals surface area contributed by atoms with Crippen LogP contribution in [0.2, 0.25) is 0 Å². The standard InChI is InChI=1S/C17H16N4O4S/c1-17(2,3)25-16(23)21-15-20-12(11-5-4-8-24-11)14(26-15)13(22)10-9-18-6-7-19-10/h4-9H,1-3H3,(H,20,21,23). The topological polar surface area (TPSA) is 107 Å². The van der Waals surface area contributed by atoms with Crippen LogP contribution in [0, 0.1) is 0 Å². The van der Waals surface area contributed by atoms with Gasteiger partial charge in [-0.2, -0.15) is 0 Å². The largest absolute Gasteiger partial charge is 0.463 e. The predicted molar refractivity (Wildman–Crippen MR) is 95.1 cm³/mol. The first kappa shape index (κ1) is 17.7. The highest BCUT2D eigenvalue weighted by atomic mass is 32.1. The van der Waals surface area contributed by atoms with Gasteiger partial charge >= 0.3 is 6.09 Å². The summed E-state index contributed by atoms with van der Waals surface area (Å²) in [4.78, 5) is 37.3. The van der Waals surface area contributed by atoms with Crippen molar-refractivity contribution in [1.82, 2.24) is 15.0 Å². The van der Waals surface area contributed by atoms with Gasteiger partial charge in [-0.05, 0) is 32.9 Å². The Morgan fingerprint density at radius 3 is 2.69 bits per heavy atom. The lowest BCUT2D eigenvalue weighted by Gasteiger charge is -2.18. The normalized spacial score (nSPS) is 11.2. The fourth-order valence-electron chi connectivity index (χ4n) is 2.03. The second-order valence-corrected chi connectivity index (χ2v) is 7.22. The zero-order valence-electron chi connectivity index (χ0n) is 14.3. The van der Waals surface area contributed by atoms with Gasteiger partial charge < -0.3 is 9.15 Å². The molecule has 1 N–H and O–H groups in total. The summed E-state index contributed by atoms with van der Waals surface area (Å²) in [6, 6.07) is 3.37. The number of hydrogen-bond acceptors (Lipinski definition) is 8. The molecule has 1 amide bonds. The molecule has 8 nitrogen and oxygen atoms in total. The maximum Gasteiger partial charge on any atom is 0.413 e. The lowest BCUT2D eigenvalue weighted by Crippen LogP contribution is -2.27. The molecule has 26 heavy (non-hydrogen) atoms. The number of ether oxygens (including phenoxy) is 1. The van der Waals surface area contributed by atoms with E-state index in [1.165, 1.54) is 24.9 Å². The van der Waals surface area contributed by atoms with Gasteiger partial charge in [-0.3, -0.25) is 15.1 Å². The van der Waals surface area contributed by atoms with E-state index in [2.05, 4.69) is 20.3 Å². The summed E-state index contributed by atoms with van der Waals surface area (Å²) >= 11 is 1.01. The van der Waals surface area contributed by atoms with E-state index in [9.17, 15) is 9.59 Å². The molecule has 0 aliphatic heterocycles. The number of ketones is 1. The van der Waals surface area contributed by atoms with E-state index in [-0.39, 0.29) is 21.5 Å². The third kappa shape index (κ3) is 4.12. The molecule has 0 aliphatic carbocycles. The first-order valence-electron chi connectivity index (χ1n) is 7.69. The molecule has 0 unspecified atom stereocenters. The van der Waals surface area contributed by atoms with E-state index in [1.807, 2.05) is 0 Å². The minimum atomic E-state index is -0.657. The van der Waals surface area contributed by atoms with Crippen LogP contribution in [0.3, 0.4) is 0 Å². The van der Waals surface area contributed by atoms with Gasteiger partial charge in [0, 0.05) is 12.4 Å². The average molecular weight is 372 g/mol. The Labute approximate surface area is 153 Å². The molecular weight excluding hydrogens is 356 g/mol. The molecular formula is C17H16N4O4S. The smallest absolute Gasteiger partial charge is 0.413 e. The quantitative estimate of drug-likeness (QED) is 0.695. The van der Waals surface area contributed by atoms with E-state index in [0.29, 0.717) is 11.5 Å². The van der Waals surface area contributed by atoms with Gasteiger partial charge in [-0.1, -0.05) is 11.3 Å². The van der Waals surface area contributed by atoms with Crippen LogP contribution in [0.25, 0.3) is 11.5 Å². The van der Waals surface area contributed by atoms with Crippen LogP contribution in [-0.2, 0) is 4.74 Å². The highest BCUT2D eigenvalue weighted by Crippen LogP contribution is 2.33. The zero-order chi connectivity index (χ0) is 18.7. The van der Waals surface area contributed by atoms with Crippen molar-refractivity contribution in [3.05, 3.63) is 47.6 Å². The lowest BCUT2D eigenvalue weighted by molar-refractivity contribution is 0.0635. The first-order valence-corrected chi connectivity index (χ1v) is 8.50. The average Bonchev–Trinajstić information content (AvgIpc) is 3.22. The molecule has 9 heteroatoms. The van der Waals surface area contributed by atoms with Crippen molar-refractivity contribution in [1.29, 1.82) is 0 Å². The Bertz CT molecular complexity index is 914. The monoisotopic (exact) mass is 372 g/mol. The molecule has 0 aliphatic rings. The van der Waals surface area contributed by atoms with Crippen molar-refractivity contribution in [2.75, 3.05) is 5.32 Å². The molecule has 0 saturated heterocycles. The van der Waals surface area contributed by atoms with Crippen molar-refractivity contribution in [3.63, 3.8) is 0 Å². The van der Waals surface area contributed by atoms with E-state index in [4.69, 9.17) is 9.15 Å². The second kappa shape index (κ2) is 7.04. The molecule has 3 rings (SSSR count). The maximum atomic E-state index is 12.8. The summed E-state index contributed by atoms with van der Waals surface area (Å²) in [6.45, 7) is 5.27. The number of furan rings is 1. The van der Waals surface area contributed by atoms with Gasteiger partial charge in [0.1, 0.15) is 21.9 Å². The van der Waals surface area contributed by atoms with Crippen LogP contribution in [0.5, 0.6) is 0 Å². The van der Waals surface area contributed by atoms with E-state index in [1.54, 1.807) is 32.9 Å². The number of nitrogens with zero attached hydrogens (tertiary/aromatic N) is 3. The van der Waals surface area contributed by atoms with Crippen molar-refractivity contribution in [2.24, 2.45) is 0 Å². The van der Waals surface area contributed by atoms with Crippen molar-refractivity contribution in [3.8, 4) is 11.5 Å². The van der Waals surface area contributed by atoms with Gasteiger partial charge in [-0.25, -0.2) is 14.8 Å². The molecule has 0 aromatic carbocycles. The number of rotatable bonds is 4. The molecule has 0 spiro atoms. The van der Waals surface area contributed by atoms with Gasteiger partial charge in [0.05, 0.1) is 12.5 Å². The fraction of sp³-hybridized carbons (Fsp3) is 0.235. The van der Waals surface area contributed by atoms with Crippen molar-refractivity contribution >= 4 is 28.3 Å². The third-order valence-corrected chi connectivity index (χ3v) is 3.96. The fourth-order valence-corrected chi connectivity index (χ4v) is 2.94. The second-order valence-electron chi connectivity index (χ2n) is 6.22. The number of carbonyl (C=O) groups is 2. The number of nitrogens with one attached hydrogen (secondary N) is 1.